The molecule has 4 rings (SSSR count). The molecule has 188 valence electrons. The second kappa shape index (κ2) is 11.3. The van der Waals surface area contributed by atoms with Gasteiger partial charge < -0.3 is 29.0 Å². The lowest BCUT2D eigenvalue weighted by Gasteiger charge is -2.32. The molecule has 0 saturated heterocycles. The van der Waals surface area contributed by atoms with Crippen LogP contribution < -0.4 is 24.3 Å². The van der Waals surface area contributed by atoms with E-state index in [1.807, 2.05) is 12.1 Å². The number of fused-ring (bicyclic) bond motifs is 1. The van der Waals surface area contributed by atoms with Gasteiger partial charge in [0.15, 0.2) is 17.6 Å². The van der Waals surface area contributed by atoms with Gasteiger partial charge in [0.2, 0.25) is 11.9 Å². The minimum absolute atomic E-state index is 0.294. The molecule has 1 aliphatic rings. The van der Waals surface area contributed by atoms with Crippen LogP contribution in [0.5, 0.6) is 23.0 Å². The largest absolute Gasteiger partial charge is 0.497 e. The molecule has 0 aromatic heterocycles. The normalized spacial score (nSPS) is 16.4. The van der Waals surface area contributed by atoms with E-state index in [0.717, 1.165) is 10.0 Å². The summed E-state index contributed by atoms with van der Waals surface area (Å²) in [7, 11) is 4.69. The molecule has 1 amide bonds. The highest BCUT2D eigenvalue weighted by Gasteiger charge is 2.41. The van der Waals surface area contributed by atoms with Crippen molar-refractivity contribution in [1.82, 2.24) is 5.32 Å². The molecule has 1 aliphatic heterocycles. The molecule has 0 spiro atoms. The fourth-order valence-corrected chi connectivity index (χ4v) is 4.33. The summed E-state index contributed by atoms with van der Waals surface area (Å²) in [6.07, 6.45) is -2.21. The summed E-state index contributed by atoms with van der Waals surface area (Å²) < 4.78 is 28.4. The number of nitrogens with one attached hydrogen (secondary N) is 1. The third kappa shape index (κ3) is 5.57. The van der Waals surface area contributed by atoms with E-state index in [2.05, 4.69) is 21.2 Å². The first kappa shape index (κ1) is 25.4. The van der Waals surface area contributed by atoms with Crippen LogP contribution in [0.3, 0.4) is 0 Å². The third-order valence-electron chi connectivity index (χ3n) is 5.78. The van der Waals surface area contributed by atoms with Crippen LogP contribution in [0.4, 0.5) is 4.79 Å². The van der Waals surface area contributed by atoms with Gasteiger partial charge in [0, 0.05) is 16.6 Å². The molecule has 2 atom stereocenters. The lowest BCUT2D eigenvalue weighted by molar-refractivity contribution is 0.00909. The van der Waals surface area contributed by atoms with Crippen molar-refractivity contribution in [1.29, 1.82) is 0 Å². The van der Waals surface area contributed by atoms with E-state index in [4.69, 9.17) is 23.7 Å². The molecule has 1 N–H and O–H groups in total. The smallest absolute Gasteiger partial charge is 0.408 e. The number of ether oxygens (including phenoxy) is 5. The number of alkyl carbamates (subject to hydrolysis) is 1. The minimum Gasteiger partial charge on any atom is -0.497 e. The van der Waals surface area contributed by atoms with E-state index in [1.165, 1.54) is 0 Å². The number of rotatable bonds is 8. The molecule has 0 unspecified atom stereocenters. The SMILES string of the molecule is COc1cccc([C@@H]2Oc3ccc(Br)cc3C(=O)[C@H]2OC(=O)NCCc2ccc(OC)c(OC)c2)c1. The number of benzene rings is 3. The van der Waals surface area contributed by atoms with Crippen molar-refractivity contribution >= 4 is 27.8 Å². The van der Waals surface area contributed by atoms with Crippen molar-refractivity contribution < 1.29 is 33.3 Å². The third-order valence-corrected chi connectivity index (χ3v) is 6.27. The van der Waals surface area contributed by atoms with Gasteiger partial charge in [0.25, 0.3) is 0 Å². The number of ketones is 1. The minimum atomic E-state index is -1.18. The van der Waals surface area contributed by atoms with Gasteiger partial charge in [-0.05, 0) is 54.4 Å². The average Bonchev–Trinajstić information content (AvgIpc) is 2.90. The predicted molar refractivity (Wildman–Crippen MR) is 136 cm³/mol. The maximum absolute atomic E-state index is 13.4. The number of carbonyl (C=O) groups is 2. The summed E-state index contributed by atoms with van der Waals surface area (Å²) >= 11 is 3.38. The Bertz CT molecular complexity index is 1260. The van der Waals surface area contributed by atoms with Crippen molar-refractivity contribution in [2.75, 3.05) is 27.9 Å². The van der Waals surface area contributed by atoms with Crippen LogP contribution in [0.2, 0.25) is 0 Å². The number of Topliss-reactive ketones (excluding diaryl/α,β-unsaturated/α-hetero) is 1. The van der Waals surface area contributed by atoms with E-state index in [9.17, 15) is 9.59 Å². The van der Waals surface area contributed by atoms with Crippen molar-refractivity contribution in [3.05, 3.63) is 81.8 Å². The fourth-order valence-electron chi connectivity index (χ4n) is 3.97. The van der Waals surface area contributed by atoms with Crippen molar-refractivity contribution in [3.8, 4) is 23.0 Å². The Labute approximate surface area is 217 Å². The van der Waals surface area contributed by atoms with Crippen LogP contribution in [0.1, 0.15) is 27.6 Å². The fraction of sp³-hybridized carbons (Fsp3) is 0.259. The number of amides is 1. The molecule has 0 radical (unpaired) electrons. The zero-order valence-electron chi connectivity index (χ0n) is 20.1. The van der Waals surface area contributed by atoms with Gasteiger partial charge in [-0.25, -0.2) is 4.79 Å². The molecule has 0 aliphatic carbocycles. The summed E-state index contributed by atoms with van der Waals surface area (Å²) in [5, 5.41) is 2.72. The number of hydrogen-bond acceptors (Lipinski definition) is 7. The van der Waals surface area contributed by atoms with Crippen LogP contribution >= 0.6 is 15.9 Å². The summed E-state index contributed by atoms with van der Waals surface area (Å²) in [5.41, 5.74) is 1.93. The molecule has 36 heavy (non-hydrogen) atoms. The molecule has 0 fully saturated rings. The van der Waals surface area contributed by atoms with Crippen LogP contribution in [-0.2, 0) is 11.2 Å². The molecular formula is C27H26BrNO7. The summed E-state index contributed by atoms with van der Waals surface area (Å²) in [4.78, 5) is 26.1. The van der Waals surface area contributed by atoms with Crippen molar-refractivity contribution in [2.45, 2.75) is 18.6 Å². The van der Waals surface area contributed by atoms with Crippen molar-refractivity contribution in [2.24, 2.45) is 0 Å². The van der Waals surface area contributed by atoms with E-state index >= 15 is 0 Å². The molecule has 0 bridgehead atoms. The lowest BCUT2D eigenvalue weighted by Crippen LogP contribution is -2.42. The van der Waals surface area contributed by atoms with E-state index < -0.39 is 18.3 Å². The van der Waals surface area contributed by atoms with Gasteiger partial charge in [-0.2, -0.15) is 0 Å². The van der Waals surface area contributed by atoms with Crippen LogP contribution in [0.15, 0.2) is 65.1 Å². The molecule has 3 aromatic carbocycles. The standard InChI is InChI=1S/C27H26BrNO7/c1-32-19-6-4-5-17(14-19)25-26(24(30)20-15-18(28)8-10-21(20)35-25)36-27(31)29-12-11-16-7-9-22(33-2)23(13-16)34-3/h4-10,13-15,25-26H,11-12H2,1-3H3,(H,29,31)/t25-,26+/m0/s1. The summed E-state index contributed by atoms with van der Waals surface area (Å²) in [6, 6.07) is 17.8. The first-order chi connectivity index (χ1) is 17.4. The molecular weight excluding hydrogens is 530 g/mol. The van der Waals surface area contributed by atoms with Crippen molar-refractivity contribution in [3.63, 3.8) is 0 Å². The highest BCUT2D eigenvalue weighted by atomic mass is 79.9. The first-order valence-corrected chi connectivity index (χ1v) is 12.0. The maximum Gasteiger partial charge on any atom is 0.408 e. The monoisotopic (exact) mass is 555 g/mol. The Morgan fingerprint density at radius 1 is 0.972 bits per heavy atom. The Kier molecular flexibility index (Phi) is 8.00. The number of halogens is 1. The average molecular weight is 556 g/mol. The highest BCUT2D eigenvalue weighted by Crippen LogP contribution is 2.38. The second-order valence-corrected chi connectivity index (χ2v) is 8.93. The van der Waals surface area contributed by atoms with Crippen LogP contribution in [-0.4, -0.2) is 45.9 Å². The Morgan fingerprint density at radius 3 is 2.53 bits per heavy atom. The van der Waals surface area contributed by atoms with E-state index in [-0.39, 0.29) is 5.78 Å². The molecule has 1 heterocycles. The predicted octanol–water partition coefficient (Wildman–Crippen LogP) is 5.13. The summed E-state index contributed by atoms with van der Waals surface area (Å²) in [6.45, 7) is 0.294. The quantitative estimate of drug-likeness (QED) is 0.412. The molecule has 8 nitrogen and oxygen atoms in total. The Hall–Kier alpha value is -3.72. The van der Waals surface area contributed by atoms with Gasteiger partial charge in [-0.1, -0.05) is 34.1 Å². The van der Waals surface area contributed by atoms with E-state index in [1.54, 1.807) is 69.9 Å². The van der Waals surface area contributed by atoms with Gasteiger partial charge >= 0.3 is 6.09 Å². The number of methoxy groups -OCH3 is 3. The van der Waals surface area contributed by atoms with Gasteiger partial charge in [-0.15, -0.1) is 0 Å². The molecule has 3 aromatic rings. The number of carbonyl (C=O) groups excluding carboxylic acids is 2. The van der Waals surface area contributed by atoms with Gasteiger partial charge in [0.1, 0.15) is 11.5 Å². The molecule has 9 heteroatoms. The number of hydrogen-bond donors (Lipinski definition) is 1. The zero-order valence-corrected chi connectivity index (χ0v) is 21.7. The molecule has 0 saturated carbocycles. The Morgan fingerprint density at radius 2 is 1.78 bits per heavy atom. The summed E-state index contributed by atoms with van der Waals surface area (Å²) in [5.74, 6) is 1.90. The van der Waals surface area contributed by atoms with Gasteiger partial charge in [0.05, 0.1) is 26.9 Å². The highest BCUT2D eigenvalue weighted by molar-refractivity contribution is 9.10. The van der Waals surface area contributed by atoms with Gasteiger partial charge in [-0.3, -0.25) is 4.79 Å². The lowest BCUT2D eigenvalue weighted by atomic mass is 9.93. The topological polar surface area (TPSA) is 92.3 Å². The maximum atomic E-state index is 13.4. The van der Waals surface area contributed by atoms with Crippen LogP contribution in [0.25, 0.3) is 0 Å². The first-order valence-electron chi connectivity index (χ1n) is 11.2. The zero-order chi connectivity index (χ0) is 25.7. The van der Waals surface area contributed by atoms with E-state index in [0.29, 0.717) is 47.1 Å². The van der Waals surface area contributed by atoms with Crippen LogP contribution in [0, 0.1) is 0 Å². The second-order valence-electron chi connectivity index (χ2n) is 8.01. The Balaban J connectivity index is 1.49.